The lowest BCUT2D eigenvalue weighted by molar-refractivity contribution is -0.384. The number of rotatable bonds is 8. The third kappa shape index (κ3) is 5.27. The molecular formula is C12H19N3O2S. The number of hydrogen-bond acceptors (Lipinski definition) is 5. The molecule has 0 atom stereocenters. The third-order valence-corrected chi connectivity index (χ3v) is 3.20. The Hall–Kier alpha value is -1.43. The Morgan fingerprint density at radius 2 is 2.11 bits per heavy atom. The number of unbranched alkanes of at least 4 members (excludes halogenated alkanes) is 2. The van der Waals surface area contributed by atoms with E-state index in [1.54, 1.807) is 6.07 Å². The molecule has 0 heterocycles. The van der Waals surface area contributed by atoms with Gasteiger partial charge < -0.3 is 11.1 Å². The molecule has 1 aromatic carbocycles. The molecule has 1 aromatic rings. The fourth-order valence-corrected chi connectivity index (χ4v) is 2.12. The van der Waals surface area contributed by atoms with Gasteiger partial charge in [-0.25, -0.2) is 0 Å². The molecule has 0 aliphatic carbocycles. The largest absolute Gasteiger partial charge is 0.398 e. The molecule has 3 N–H and O–H groups in total. The van der Waals surface area contributed by atoms with E-state index in [2.05, 4.69) is 11.6 Å². The second kappa shape index (κ2) is 7.81. The minimum atomic E-state index is -0.431. The molecule has 0 aromatic heterocycles. The van der Waals surface area contributed by atoms with Gasteiger partial charge in [-0.05, 0) is 30.9 Å². The second-order valence-corrected chi connectivity index (χ2v) is 5.04. The molecule has 0 aliphatic rings. The smallest absolute Gasteiger partial charge is 0.273 e. The molecule has 6 heteroatoms. The van der Waals surface area contributed by atoms with Crippen LogP contribution in [0.25, 0.3) is 0 Å². The van der Waals surface area contributed by atoms with E-state index < -0.39 is 4.92 Å². The molecule has 0 unspecified atom stereocenters. The summed E-state index contributed by atoms with van der Waals surface area (Å²) in [5, 5.41) is 13.8. The number of nitrogens with zero attached hydrogens (tertiary/aromatic N) is 1. The first kappa shape index (κ1) is 14.6. The summed E-state index contributed by atoms with van der Waals surface area (Å²) in [5.41, 5.74) is 6.77. The predicted molar refractivity (Wildman–Crippen MR) is 78.2 cm³/mol. The lowest BCUT2D eigenvalue weighted by atomic mass is 10.2. The number of anilines is 2. The van der Waals surface area contributed by atoms with Gasteiger partial charge in [0.05, 0.1) is 4.92 Å². The Bertz CT molecular complexity index is 399. The van der Waals surface area contributed by atoms with Crippen LogP contribution >= 0.6 is 11.8 Å². The van der Waals surface area contributed by atoms with Crippen LogP contribution in [0.1, 0.15) is 19.3 Å². The number of nitro groups is 1. The van der Waals surface area contributed by atoms with E-state index in [-0.39, 0.29) is 5.69 Å². The van der Waals surface area contributed by atoms with Crippen LogP contribution in [-0.4, -0.2) is 23.5 Å². The standard InChI is InChI=1S/C12H19N3O2S/c1-18-6-4-2-3-5-14-11-7-10(13)8-12(9-11)15(16)17/h7-9,14H,2-6,13H2,1H3. The third-order valence-electron chi connectivity index (χ3n) is 2.51. The summed E-state index contributed by atoms with van der Waals surface area (Å²) in [5.74, 6) is 1.18. The Balaban J connectivity index is 2.40. The summed E-state index contributed by atoms with van der Waals surface area (Å²) < 4.78 is 0. The van der Waals surface area contributed by atoms with Gasteiger partial charge in [0.25, 0.3) is 5.69 Å². The van der Waals surface area contributed by atoms with E-state index in [0.717, 1.165) is 19.4 Å². The van der Waals surface area contributed by atoms with Crippen LogP contribution in [0, 0.1) is 10.1 Å². The highest BCUT2D eigenvalue weighted by Gasteiger charge is 2.07. The monoisotopic (exact) mass is 269 g/mol. The fraction of sp³-hybridized carbons (Fsp3) is 0.500. The Morgan fingerprint density at radius 3 is 2.78 bits per heavy atom. The molecular weight excluding hydrogens is 250 g/mol. The number of nitrogens with two attached hydrogens (primary N) is 1. The molecule has 0 radical (unpaired) electrons. The van der Waals surface area contributed by atoms with Gasteiger partial charge in [0.15, 0.2) is 0 Å². The quantitative estimate of drug-likeness (QED) is 0.328. The van der Waals surface area contributed by atoms with Crippen molar-refractivity contribution in [1.82, 2.24) is 0 Å². The van der Waals surface area contributed by atoms with Gasteiger partial charge in [0, 0.05) is 30.1 Å². The van der Waals surface area contributed by atoms with Crippen molar-refractivity contribution in [2.24, 2.45) is 0 Å². The predicted octanol–water partition coefficient (Wildman–Crippen LogP) is 3.12. The Kier molecular flexibility index (Phi) is 6.35. The lowest BCUT2D eigenvalue weighted by Gasteiger charge is -2.07. The number of hydrogen-bond donors (Lipinski definition) is 2. The SMILES string of the molecule is CSCCCCCNc1cc(N)cc([N+](=O)[O-])c1. The van der Waals surface area contributed by atoms with Gasteiger partial charge in [-0.3, -0.25) is 10.1 Å². The van der Waals surface area contributed by atoms with E-state index >= 15 is 0 Å². The van der Waals surface area contributed by atoms with Crippen molar-refractivity contribution in [2.75, 3.05) is 29.6 Å². The average Bonchev–Trinajstić information content (AvgIpc) is 2.33. The summed E-state index contributed by atoms with van der Waals surface area (Å²) in [6.45, 7) is 0.814. The number of nitrogen functional groups attached to an aromatic ring is 1. The van der Waals surface area contributed by atoms with Crippen molar-refractivity contribution < 1.29 is 4.92 Å². The van der Waals surface area contributed by atoms with Gasteiger partial charge in [-0.15, -0.1) is 0 Å². The van der Waals surface area contributed by atoms with Crippen LogP contribution in [-0.2, 0) is 0 Å². The molecule has 5 nitrogen and oxygen atoms in total. The molecule has 1 rings (SSSR count). The second-order valence-electron chi connectivity index (χ2n) is 4.05. The van der Waals surface area contributed by atoms with E-state index in [9.17, 15) is 10.1 Å². The molecule has 0 saturated carbocycles. The van der Waals surface area contributed by atoms with Gasteiger partial charge >= 0.3 is 0 Å². The van der Waals surface area contributed by atoms with E-state index in [1.165, 1.54) is 24.3 Å². The summed E-state index contributed by atoms with van der Waals surface area (Å²) in [7, 11) is 0. The first-order chi connectivity index (χ1) is 8.63. The van der Waals surface area contributed by atoms with Crippen LogP contribution in [0.4, 0.5) is 17.1 Å². The maximum Gasteiger partial charge on any atom is 0.273 e. The van der Waals surface area contributed by atoms with Crippen LogP contribution < -0.4 is 11.1 Å². The maximum absolute atomic E-state index is 10.7. The number of thioether (sulfide) groups is 1. The summed E-state index contributed by atoms with van der Waals surface area (Å²) >= 11 is 1.85. The molecule has 0 fully saturated rings. The Morgan fingerprint density at radius 1 is 1.33 bits per heavy atom. The van der Waals surface area contributed by atoms with E-state index in [0.29, 0.717) is 11.4 Å². The van der Waals surface area contributed by atoms with Gasteiger partial charge in [0.2, 0.25) is 0 Å². The zero-order chi connectivity index (χ0) is 13.4. The van der Waals surface area contributed by atoms with Gasteiger partial charge in [-0.2, -0.15) is 11.8 Å². The average molecular weight is 269 g/mol. The van der Waals surface area contributed by atoms with Crippen molar-refractivity contribution in [1.29, 1.82) is 0 Å². The minimum absolute atomic E-state index is 0.0277. The van der Waals surface area contributed by atoms with Crippen molar-refractivity contribution in [3.63, 3.8) is 0 Å². The van der Waals surface area contributed by atoms with Crippen LogP contribution in [0.2, 0.25) is 0 Å². The summed E-state index contributed by atoms with van der Waals surface area (Å²) in [4.78, 5) is 10.2. The fourth-order valence-electron chi connectivity index (χ4n) is 1.62. The van der Waals surface area contributed by atoms with Gasteiger partial charge in [-0.1, -0.05) is 6.42 Å². The number of non-ortho nitro benzene ring substituents is 1. The topological polar surface area (TPSA) is 81.2 Å². The minimum Gasteiger partial charge on any atom is -0.398 e. The van der Waals surface area contributed by atoms with Crippen molar-refractivity contribution in [2.45, 2.75) is 19.3 Å². The first-order valence-electron chi connectivity index (χ1n) is 5.91. The highest BCUT2D eigenvalue weighted by Crippen LogP contribution is 2.22. The molecule has 100 valence electrons. The van der Waals surface area contributed by atoms with Crippen molar-refractivity contribution >= 4 is 28.8 Å². The van der Waals surface area contributed by atoms with Crippen molar-refractivity contribution in [3.8, 4) is 0 Å². The molecule has 18 heavy (non-hydrogen) atoms. The molecule has 0 spiro atoms. The molecule has 0 amide bonds. The zero-order valence-corrected chi connectivity index (χ0v) is 11.3. The normalized spacial score (nSPS) is 10.3. The zero-order valence-electron chi connectivity index (χ0n) is 10.5. The lowest BCUT2D eigenvalue weighted by Crippen LogP contribution is -2.03. The van der Waals surface area contributed by atoms with Crippen LogP contribution in [0.15, 0.2) is 18.2 Å². The maximum atomic E-state index is 10.7. The molecule has 0 bridgehead atoms. The van der Waals surface area contributed by atoms with Gasteiger partial charge in [0.1, 0.15) is 0 Å². The molecule has 0 aliphatic heterocycles. The van der Waals surface area contributed by atoms with Crippen LogP contribution in [0.3, 0.4) is 0 Å². The molecule has 0 saturated heterocycles. The highest BCUT2D eigenvalue weighted by molar-refractivity contribution is 7.98. The summed E-state index contributed by atoms with van der Waals surface area (Å²) in [6, 6.07) is 4.59. The van der Waals surface area contributed by atoms with E-state index in [4.69, 9.17) is 5.73 Å². The highest BCUT2D eigenvalue weighted by atomic mass is 32.2. The Labute approximate surface area is 111 Å². The van der Waals surface area contributed by atoms with E-state index in [1.807, 2.05) is 11.8 Å². The number of nitrogens with one attached hydrogen (secondary N) is 1. The number of benzene rings is 1. The number of nitro benzene ring substituents is 1. The van der Waals surface area contributed by atoms with Crippen molar-refractivity contribution in [3.05, 3.63) is 28.3 Å². The first-order valence-corrected chi connectivity index (χ1v) is 7.30. The van der Waals surface area contributed by atoms with Crippen LogP contribution in [0.5, 0.6) is 0 Å². The summed E-state index contributed by atoms with van der Waals surface area (Å²) in [6.07, 6.45) is 5.53.